The minimum atomic E-state index is -0.796. The van der Waals surface area contributed by atoms with Crippen molar-refractivity contribution < 1.29 is 14.0 Å². The number of halogens is 1. The summed E-state index contributed by atoms with van der Waals surface area (Å²) in [5.74, 6) is -1.61. The molecular formula is C15H14FN3O2. The van der Waals surface area contributed by atoms with Crippen molar-refractivity contribution in [3.05, 3.63) is 59.5 Å². The first kappa shape index (κ1) is 14.6. The minimum Gasteiger partial charge on any atom is -0.344 e. The molecule has 0 atom stereocenters. The number of aromatic nitrogens is 1. The van der Waals surface area contributed by atoms with Gasteiger partial charge in [0.15, 0.2) is 0 Å². The summed E-state index contributed by atoms with van der Waals surface area (Å²) in [5.41, 5.74) is 1.62. The normalized spacial score (nSPS) is 10.0. The Morgan fingerprint density at radius 1 is 1.14 bits per heavy atom. The lowest BCUT2D eigenvalue weighted by atomic mass is 10.2. The van der Waals surface area contributed by atoms with Crippen molar-refractivity contribution in [3.8, 4) is 0 Å². The highest BCUT2D eigenvalue weighted by molar-refractivity contribution is 6.39. The monoisotopic (exact) mass is 287 g/mol. The van der Waals surface area contributed by atoms with E-state index in [4.69, 9.17) is 0 Å². The first-order valence-corrected chi connectivity index (χ1v) is 6.31. The van der Waals surface area contributed by atoms with E-state index in [0.717, 1.165) is 5.56 Å². The molecule has 0 unspecified atom stereocenters. The van der Waals surface area contributed by atoms with Crippen LogP contribution in [0.4, 0.5) is 10.2 Å². The fourth-order valence-corrected chi connectivity index (χ4v) is 1.64. The number of nitrogens with zero attached hydrogens (tertiary/aromatic N) is 1. The second kappa shape index (κ2) is 6.60. The second-order valence-electron chi connectivity index (χ2n) is 4.48. The number of nitrogens with one attached hydrogen (secondary N) is 2. The largest absolute Gasteiger partial charge is 0.344 e. The maximum atomic E-state index is 12.7. The quantitative estimate of drug-likeness (QED) is 0.845. The van der Waals surface area contributed by atoms with Gasteiger partial charge in [0.1, 0.15) is 11.6 Å². The summed E-state index contributed by atoms with van der Waals surface area (Å²) in [6, 6.07) is 9.09. The van der Waals surface area contributed by atoms with Gasteiger partial charge in [-0.05, 0) is 42.3 Å². The van der Waals surface area contributed by atoms with Gasteiger partial charge in [-0.25, -0.2) is 9.37 Å². The zero-order valence-electron chi connectivity index (χ0n) is 11.4. The van der Waals surface area contributed by atoms with Crippen LogP contribution in [-0.2, 0) is 16.1 Å². The van der Waals surface area contributed by atoms with E-state index in [0.29, 0.717) is 11.4 Å². The molecule has 0 spiro atoms. The number of benzene rings is 1. The molecule has 0 bridgehead atoms. The van der Waals surface area contributed by atoms with Crippen LogP contribution in [0.2, 0.25) is 0 Å². The molecule has 21 heavy (non-hydrogen) atoms. The molecule has 5 nitrogen and oxygen atoms in total. The first-order chi connectivity index (χ1) is 10.0. The molecule has 0 fully saturated rings. The van der Waals surface area contributed by atoms with Crippen molar-refractivity contribution in [2.45, 2.75) is 13.5 Å². The molecule has 0 saturated carbocycles. The third-order valence-electron chi connectivity index (χ3n) is 2.73. The van der Waals surface area contributed by atoms with Crippen molar-refractivity contribution in [1.29, 1.82) is 0 Å². The van der Waals surface area contributed by atoms with Crippen LogP contribution in [0.5, 0.6) is 0 Å². The third-order valence-corrected chi connectivity index (χ3v) is 2.73. The molecule has 1 aromatic heterocycles. The van der Waals surface area contributed by atoms with E-state index in [2.05, 4.69) is 15.6 Å². The number of amides is 2. The average molecular weight is 287 g/mol. The van der Waals surface area contributed by atoms with E-state index in [9.17, 15) is 14.0 Å². The SMILES string of the molecule is Cc1ccnc(NC(=O)C(=O)NCc2ccc(F)cc2)c1. The third kappa shape index (κ3) is 4.38. The molecule has 6 heteroatoms. The summed E-state index contributed by atoms with van der Waals surface area (Å²) < 4.78 is 12.7. The molecule has 108 valence electrons. The molecule has 2 N–H and O–H groups in total. The summed E-state index contributed by atoms with van der Waals surface area (Å²) in [6.07, 6.45) is 1.54. The van der Waals surface area contributed by atoms with Gasteiger partial charge >= 0.3 is 11.8 Å². The van der Waals surface area contributed by atoms with Gasteiger partial charge in [0.2, 0.25) is 0 Å². The standard InChI is InChI=1S/C15H14FN3O2/c1-10-6-7-17-13(8-10)19-15(21)14(20)18-9-11-2-4-12(16)5-3-11/h2-8H,9H2,1H3,(H,18,20)(H,17,19,21). The van der Waals surface area contributed by atoms with Gasteiger partial charge in [0.05, 0.1) is 0 Å². The number of aryl methyl sites for hydroxylation is 1. The lowest BCUT2D eigenvalue weighted by Gasteiger charge is -2.06. The van der Waals surface area contributed by atoms with E-state index >= 15 is 0 Å². The lowest BCUT2D eigenvalue weighted by molar-refractivity contribution is -0.136. The number of rotatable bonds is 3. The van der Waals surface area contributed by atoms with Crippen LogP contribution >= 0.6 is 0 Å². The van der Waals surface area contributed by atoms with Crippen LogP contribution in [0.3, 0.4) is 0 Å². The number of hydrogen-bond acceptors (Lipinski definition) is 3. The van der Waals surface area contributed by atoms with Gasteiger partial charge in [-0.3, -0.25) is 9.59 Å². The number of pyridine rings is 1. The molecule has 0 radical (unpaired) electrons. The molecule has 2 rings (SSSR count). The van der Waals surface area contributed by atoms with Crippen LogP contribution in [0, 0.1) is 12.7 Å². The van der Waals surface area contributed by atoms with Crippen LogP contribution < -0.4 is 10.6 Å². The number of hydrogen-bond donors (Lipinski definition) is 2. The molecule has 2 amide bonds. The number of carbonyl (C=O) groups excluding carboxylic acids is 2. The van der Waals surface area contributed by atoms with Crippen LogP contribution in [0.1, 0.15) is 11.1 Å². The zero-order chi connectivity index (χ0) is 15.2. The van der Waals surface area contributed by atoms with Crippen LogP contribution in [-0.4, -0.2) is 16.8 Å². The highest BCUT2D eigenvalue weighted by Crippen LogP contribution is 2.05. The Morgan fingerprint density at radius 3 is 2.52 bits per heavy atom. The van der Waals surface area contributed by atoms with Gasteiger partial charge in [-0.2, -0.15) is 0 Å². The lowest BCUT2D eigenvalue weighted by Crippen LogP contribution is -2.35. The van der Waals surface area contributed by atoms with E-state index in [1.165, 1.54) is 24.3 Å². The Kier molecular flexibility index (Phi) is 4.61. The highest BCUT2D eigenvalue weighted by Gasteiger charge is 2.13. The second-order valence-corrected chi connectivity index (χ2v) is 4.48. The molecule has 0 saturated heterocycles. The first-order valence-electron chi connectivity index (χ1n) is 6.31. The predicted octanol–water partition coefficient (Wildman–Crippen LogP) is 1.78. The molecule has 2 aromatic rings. The van der Waals surface area contributed by atoms with E-state index in [1.54, 1.807) is 18.3 Å². The van der Waals surface area contributed by atoms with E-state index in [-0.39, 0.29) is 12.4 Å². The van der Waals surface area contributed by atoms with Crippen LogP contribution in [0.15, 0.2) is 42.6 Å². The topological polar surface area (TPSA) is 71.1 Å². The highest BCUT2D eigenvalue weighted by atomic mass is 19.1. The fourth-order valence-electron chi connectivity index (χ4n) is 1.64. The Morgan fingerprint density at radius 2 is 1.86 bits per heavy atom. The van der Waals surface area contributed by atoms with Crippen molar-refractivity contribution in [1.82, 2.24) is 10.3 Å². The molecular weight excluding hydrogens is 273 g/mol. The van der Waals surface area contributed by atoms with E-state index < -0.39 is 11.8 Å². The smallest absolute Gasteiger partial charge is 0.314 e. The fraction of sp³-hybridized carbons (Fsp3) is 0.133. The zero-order valence-corrected chi connectivity index (χ0v) is 11.4. The van der Waals surface area contributed by atoms with Crippen molar-refractivity contribution in [2.75, 3.05) is 5.32 Å². The van der Waals surface area contributed by atoms with Gasteiger partial charge in [-0.1, -0.05) is 12.1 Å². The summed E-state index contributed by atoms with van der Waals surface area (Å²) >= 11 is 0. The summed E-state index contributed by atoms with van der Waals surface area (Å²) in [7, 11) is 0. The summed E-state index contributed by atoms with van der Waals surface area (Å²) in [5, 5.41) is 4.86. The Hall–Kier alpha value is -2.76. The Balaban J connectivity index is 1.88. The molecule has 1 heterocycles. The number of anilines is 1. The number of carbonyl (C=O) groups is 2. The predicted molar refractivity (Wildman–Crippen MR) is 75.9 cm³/mol. The van der Waals surface area contributed by atoms with Gasteiger partial charge in [0.25, 0.3) is 0 Å². The average Bonchev–Trinajstić information content (AvgIpc) is 2.46. The summed E-state index contributed by atoms with van der Waals surface area (Å²) in [4.78, 5) is 27.3. The van der Waals surface area contributed by atoms with Gasteiger partial charge in [-0.15, -0.1) is 0 Å². The van der Waals surface area contributed by atoms with Gasteiger partial charge < -0.3 is 10.6 Å². The van der Waals surface area contributed by atoms with Gasteiger partial charge in [0, 0.05) is 12.7 Å². The maximum absolute atomic E-state index is 12.7. The Bertz CT molecular complexity index is 656. The van der Waals surface area contributed by atoms with E-state index in [1.807, 2.05) is 6.92 Å². The molecule has 0 aliphatic carbocycles. The van der Waals surface area contributed by atoms with Crippen molar-refractivity contribution in [3.63, 3.8) is 0 Å². The maximum Gasteiger partial charge on any atom is 0.314 e. The molecule has 1 aromatic carbocycles. The molecule has 0 aliphatic heterocycles. The molecule has 0 aliphatic rings. The summed E-state index contributed by atoms with van der Waals surface area (Å²) in [6.45, 7) is 2.00. The van der Waals surface area contributed by atoms with Crippen molar-refractivity contribution >= 4 is 17.6 Å². The minimum absolute atomic E-state index is 0.147. The van der Waals surface area contributed by atoms with Crippen molar-refractivity contribution in [2.24, 2.45) is 0 Å². The Labute approximate surface area is 121 Å². The van der Waals surface area contributed by atoms with Crippen LogP contribution in [0.25, 0.3) is 0 Å².